The fourth-order valence-electron chi connectivity index (χ4n) is 4.05. The predicted octanol–water partition coefficient (Wildman–Crippen LogP) is 5.38. The fraction of sp³-hybridized carbons (Fsp3) is 0.143. The number of H-pyrrole nitrogens is 1. The van der Waals surface area contributed by atoms with Crippen molar-refractivity contribution in [1.82, 2.24) is 30.1 Å². The van der Waals surface area contributed by atoms with Crippen LogP contribution in [-0.4, -0.2) is 47.4 Å². The Balaban J connectivity index is 0.000000472. The van der Waals surface area contributed by atoms with Gasteiger partial charge in [-0.15, -0.1) is 0 Å². The maximum atomic E-state index is 13.1. The Morgan fingerprint density at radius 2 is 1.63 bits per heavy atom. The summed E-state index contributed by atoms with van der Waals surface area (Å²) in [5.41, 5.74) is 3.56. The van der Waals surface area contributed by atoms with Gasteiger partial charge in [0, 0.05) is 36.4 Å². The molecule has 0 saturated carbocycles. The lowest BCUT2D eigenvalue weighted by molar-refractivity contribution is -0.192. The number of aromatic amines is 1. The van der Waals surface area contributed by atoms with E-state index in [0.29, 0.717) is 35.3 Å². The largest absolute Gasteiger partial charge is 0.490 e. The standard InChI is InChI=1S/C26H16F3N7.C2HF3O2/c27-26(28,29)20-4-3-17-14-36(15-19(17)12-20)25-31-10-8-23(34-25)24-30-9-7-21(33-24)5-1-16-2-6-22-18(11-16)13-32-35-22;3-2(4,5)1(6)7/h2-4,6-13H,14-15H2,(H,32,35);(H,6,7). The van der Waals surface area contributed by atoms with Gasteiger partial charge in [-0.1, -0.05) is 12.0 Å². The van der Waals surface area contributed by atoms with Crippen molar-refractivity contribution in [3.63, 3.8) is 0 Å². The summed E-state index contributed by atoms with van der Waals surface area (Å²) in [5.74, 6) is 4.17. The maximum absolute atomic E-state index is 13.1. The Bertz CT molecular complexity index is 1880. The van der Waals surface area contributed by atoms with Crippen LogP contribution in [-0.2, 0) is 24.1 Å². The van der Waals surface area contributed by atoms with Crippen molar-refractivity contribution in [1.29, 1.82) is 0 Å². The molecule has 2 aromatic carbocycles. The average Bonchev–Trinajstić information content (AvgIpc) is 3.62. The molecule has 0 aliphatic carbocycles. The lowest BCUT2D eigenvalue weighted by Gasteiger charge is -2.15. The first-order valence-electron chi connectivity index (χ1n) is 12.2. The topological polar surface area (TPSA) is 121 Å². The molecule has 0 unspecified atom stereocenters. The van der Waals surface area contributed by atoms with Gasteiger partial charge in [0.1, 0.15) is 11.4 Å². The number of aromatic nitrogens is 6. The van der Waals surface area contributed by atoms with Gasteiger partial charge >= 0.3 is 18.3 Å². The molecule has 5 aromatic rings. The van der Waals surface area contributed by atoms with E-state index in [4.69, 9.17) is 9.90 Å². The summed E-state index contributed by atoms with van der Waals surface area (Å²) in [4.78, 5) is 28.5. The van der Waals surface area contributed by atoms with Gasteiger partial charge in [0.05, 0.1) is 17.3 Å². The van der Waals surface area contributed by atoms with E-state index < -0.39 is 23.9 Å². The van der Waals surface area contributed by atoms with Gasteiger partial charge in [0.15, 0.2) is 5.82 Å². The lowest BCUT2D eigenvalue weighted by Crippen LogP contribution is -2.21. The number of fused-ring (bicyclic) bond motifs is 2. The normalized spacial score (nSPS) is 12.7. The third kappa shape index (κ3) is 6.87. The van der Waals surface area contributed by atoms with Crippen molar-refractivity contribution in [2.45, 2.75) is 25.4 Å². The highest BCUT2D eigenvalue weighted by atomic mass is 19.4. The van der Waals surface area contributed by atoms with Crippen LogP contribution in [0.2, 0.25) is 0 Å². The highest BCUT2D eigenvalue weighted by Gasteiger charge is 2.38. The Kier molecular flexibility index (Phi) is 7.68. The van der Waals surface area contributed by atoms with Crippen LogP contribution in [0.4, 0.5) is 32.3 Å². The van der Waals surface area contributed by atoms with Crippen molar-refractivity contribution in [3.8, 4) is 23.4 Å². The Morgan fingerprint density at radius 1 is 0.884 bits per heavy atom. The van der Waals surface area contributed by atoms with Gasteiger partial charge in [-0.05, 0) is 59.5 Å². The number of carbonyl (C=O) groups is 1. The van der Waals surface area contributed by atoms with Gasteiger partial charge in [0.25, 0.3) is 0 Å². The van der Waals surface area contributed by atoms with Crippen LogP contribution in [0.25, 0.3) is 22.4 Å². The number of halogens is 6. The molecule has 9 nitrogen and oxygen atoms in total. The Morgan fingerprint density at radius 3 is 2.37 bits per heavy atom. The summed E-state index contributed by atoms with van der Waals surface area (Å²) in [5, 5.41) is 15.0. The van der Waals surface area contributed by atoms with Crippen molar-refractivity contribution >= 4 is 22.8 Å². The highest BCUT2D eigenvalue weighted by molar-refractivity contribution is 5.79. The van der Waals surface area contributed by atoms with E-state index in [1.165, 1.54) is 12.1 Å². The van der Waals surface area contributed by atoms with Crippen LogP contribution in [0, 0.1) is 11.8 Å². The Hall–Kier alpha value is -5.52. The molecular weight excluding hydrogens is 580 g/mol. The first-order valence-corrected chi connectivity index (χ1v) is 12.2. The van der Waals surface area contributed by atoms with Gasteiger partial charge in [-0.25, -0.2) is 24.7 Å². The molecule has 0 spiro atoms. The second-order valence-electron chi connectivity index (χ2n) is 9.07. The zero-order chi connectivity index (χ0) is 30.8. The van der Waals surface area contributed by atoms with E-state index in [1.807, 2.05) is 23.1 Å². The number of anilines is 1. The molecule has 3 aromatic heterocycles. The minimum Gasteiger partial charge on any atom is -0.475 e. The summed E-state index contributed by atoms with van der Waals surface area (Å²) in [6.45, 7) is 0.709. The molecule has 15 heteroatoms. The van der Waals surface area contributed by atoms with E-state index in [9.17, 15) is 26.3 Å². The van der Waals surface area contributed by atoms with Gasteiger partial charge in [-0.3, -0.25) is 5.10 Å². The molecular formula is C28H17F6N7O2. The molecule has 218 valence electrons. The van der Waals surface area contributed by atoms with Crippen LogP contribution in [0.1, 0.15) is 27.9 Å². The van der Waals surface area contributed by atoms with Crippen molar-refractivity contribution < 1.29 is 36.2 Å². The molecule has 43 heavy (non-hydrogen) atoms. The number of benzene rings is 2. The fourth-order valence-corrected chi connectivity index (χ4v) is 4.05. The van der Waals surface area contributed by atoms with E-state index >= 15 is 0 Å². The number of rotatable bonds is 2. The van der Waals surface area contributed by atoms with E-state index in [2.05, 4.69) is 42.0 Å². The molecule has 0 saturated heterocycles. The smallest absolute Gasteiger partial charge is 0.475 e. The average molecular weight is 597 g/mol. The second-order valence-corrected chi connectivity index (χ2v) is 9.07. The third-order valence-electron chi connectivity index (χ3n) is 6.08. The summed E-state index contributed by atoms with van der Waals surface area (Å²) < 4.78 is 71.0. The molecule has 0 bridgehead atoms. The van der Waals surface area contributed by atoms with Crippen LogP contribution >= 0.6 is 0 Å². The summed E-state index contributed by atoms with van der Waals surface area (Å²) in [6, 6.07) is 13.0. The number of carboxylic acid groups (broad SMARTS) is 1. The molecule has 1 aliphatic rings. The number of aliphatic carboxylic acids is 1. The number of carboxylic acids is 1. The molecule has 6 rings (SSSR count). The molecule has 0 fully saturated rings. The van der Waals surface area contributed by atoms with Crippen LogP contribution in [0.15, 0.2) is 67.1 Å². The molecule has 1 aliphatic heterocycles. The molecule has 2 N–H and O–H groups in total. The molecule has 0 radical (unpaired) electrons. The number of hydrogen-bond acceptors (Lipinski definition) is 7. The number of nitrogens with one attached hydrogen (secondary N) is 1. The summed E-state index contributed by atoms with van der Waals surface area (Å²) in [6.07, 6.45) is -4.53. The SMILES string of the molecule is FC(F)(F)c1ccc2c(c1)CN(c1nccc(-c3nccc(C#Cc4ccc5[nH]ncc5c4)n3)n1)C2.O=C(O)C(F)(F)F. The van der Waals surface area contributed by atoms with Crippen molar-refractivity contribution in [2.75, 3.05) is 4.90 Å². The van der Waals surface area contributed by atoms with Crippen molar-refractivity contribution in [2.24, 2.45) is 0 Å². The third-order valence-corrected chi connectivity index (χ3v) is 6.08. The van der Waals surface area contributed by atoms with E-state index in [0.717, 1.165) is 28.1 Å². The van der Waals surface area contributed by atoms with E-state index in [1.54, 1.807) is 30.7 Å². The van der Waals surface area contributed by atoms with Crippen LogP contribution < -0.4 is 4.90 Å². The van der Waals surface area contributed by atoms with Gasteiger partial charge in [-0.2, -0.15) is 31.4 Å². The zero-order valence-electron chi connectivity index (χ0n) is 21.6. The van der Waals surface area contributed by atoms with Crippen LogP contribution in [0.3, 0.4) is 0 Å². The highest BCUT2D eigenvalue weighted by Crippen LogP contribution is 2.34. The minimum absolute atomic E-state index is 0.288. The van der Waals surface area contributed by atoms with Crippen molar-refractivity contribution in [3.05, 3.63) is 95.1 Å². The van der Waals surface area contributed by atoms with Gasteiger partial charge in [0.2, 0.25) is 5.95 Å². The zero-order valence-corrected chi connectivity index (χ0v) is 21.6. The first kappa shape index (κ1) is 29.0. The Labute approximate surface area is 238 Å². The number of hydrogen-bond donors (Lipinski definition) is 2. The summed E-state index contributed by atoms with van der Waals surface area (Å²) in [7, 11) is 0. The number of nitrogens with zero attached hydrogens (tertiary/aromatic N) is 6. The molecule has 4 heterocycles. The molecule has 0 atom stereocenters. The second kappa shape index (κ2) is 11.4. The van der Waals surface area contributed by atoms with E-state index in [-0.39, 0.29) is 6.54 Å². The lowest BCUT2D eigenvalue weighted by atomic mass is 10.1. The maximum Gasteiger partial charge on any atom is 0.490 e. The van der Waals surface area contributed by atoms with Crippen LogP contribution in [0.5, 0.6) is 0 Å². The minimum atomic E-state index is -5.08. The monoisotopic (exact) mass is 597 g/mol. The predicted molar refractivity (Wildman–Crippen MR) is 140 cm³/mol. The molecule has 0 amide bonds. The quantitative estimate of drug-likeness (QED) is 0.206. The first-order chi connectivity index (χ1) is 20.4. The van der Waals surface area contributed by atoms with Gasteiger partial charge < -0.3 is 10.0 Å². The number of alkyl halides is 6. The summed E-state index contributed by atoms with van der Waals surface area (Å²) >= 11 is 0.